The topological polar surface area (TPSA) is 37.3 Å². The minimum atomic E-state index is -0.739. The number of carboxylic acid groups (broad SMARTS) is 1. The monoisotopic (exact) mass is 342 g/mol. The standard InChI is InChI=1S/C23H34O2/c1-3-4-5-6-7-8-9-10-11-12-13-14-16-19-22(2)20-17-15-18-21-23(24)25/h4-5,7-8,10-11,13-17,19,22H,3,6,9,12,18,20-21H2,1-2H3,(H,24,25)/b5-4-,8-7-,11-10-,14-13-,17-15-,19-16+. The summed E-state index contributed by atoms with van der Waals surface area (Å²) in [6.07, 6.45) is 31.5. The Hall–Kier alpha value is -2.09. The van der Waals surface area contributed by atoms with Crippen LogP contribution in [0.2, 0.25) is 0 Å². The van der Waals surface area contributed by atoms with Crippen molar-refractivity contribution in [3.63, 3.8) is 0 Å². The summed E-state index contributed by atoms with van der Waals surface area (Å²) in [4.78, 5) is 10.4. The first-order chi connectivity index (χ1) is 12.2. The molecule has 25 heavy (non-hydrogen) atoms. The molecular weight excluding hydrogens is 308 g/mol. The molecule has 0 aromatic carbocycles. The zero-order valence-corrected chi connectivity index (χ0v) is 15.8. The molecule has 0 aliphatic carbocycles. The molecule has 0 spiro atoms. The third-order valence-electron chi connectivity index (χ3n) is 3.44. The van der Waals surface area contributed by atoms with Gasteiger partial charge in [-0.3, -0.25) is 4.79 Å². The van der Waals surface area contributed by atoms with Crippen LogP contribution in [0.5, 0.6) is 0 Å². The van der Waals surface area contributed by atoms with Gasteiger partial charge in [0.1, 0.15) is 0 Å². The van der Waals surface area contributed by atoms with E-state index in [1.807, 2.05) is 6.08 Å². The third-order valence-corrected chi connectivity index (χ3v) is 3.44. The number of rotatable bonds is 14. The molecule has 0 aromatic rings. The molecule has 0 fully saturated rings. The summed E-state index contributed by atoms with van der Waals surface area (Å²) in [5.74, 6) is -0.273. The second-order valence-electron chi connectivity index (χ2n) is 5.96. The lowest BCUT2D eigenvalue weighted by Gasteiger charge is -1.99. The molecule has 0 heterocycles. The van der Waals surface area contributed by atoms with E-state index in [2.05, 4.69) is 80.7 Å². The van der Waals surface area contributed by atoms with Gasteiger partial charge in [-0.1, -0.05) is 86.8 Å². The average Bonchev–Trinajstić information content (AvgIpc) is 2.58. The van der Waals surface area contributed by atoms with Gasteiger partial charge in [-0.2, -0.15) is 0 Å². The molecule has 2 nitrogen and oxygen atoms in total. The summed E-state index contributed by atoms with van der Waals surface area (Å²) >= 11 is 0. The van der Waals surface area contributed by atoms with Gasteiger partial charge in [0.2, 0.25) is 0 Å². The van der Waals surface area contributed by atoms with Crippen LogP contribution in [0.25, 0.3) is 0 Å². The van der Waals surface area contributed by atoms with Crippen LogP contribution in [0.15, 0.2) is 72.9 Å². The van der Waals surface area contributed by atoms with E-state index in [0.29, 0.717) is 12.3 Å². The maximum atomic E-state index is 10.4. The Balaban J connectivity index is 3.71. The van der Waals surface area contributed by atoms with E-state index in [4.69, 9.17) is 5.11 Å². The van der Waals surface area contributed by atoms with Gasteiger partial charge in [-0.05, 0) is 44.4 Å². The van der Waals surface area contributed by atoms with Gasteiger partial charge in [0.15, 0.2) is 0 Å². The number of aliphatic carboxylic acids is 1. The largest absolute Gasteiger partial charge is 0.481 e. The molecule has 0 bridgehead atoms. The van der Waals surface area contributed by atoms with Crippen molar-refractivity contribution < 1.29 is 9.90 Å². The molecule has 0 aliphatic rings. The van der Waals surface area contributed by atoms with Gasteiger partial charge in [0, 0.05) is 6.42 Å². The molecule has 1 N–H and O–H groups in total. The third kappa shape index (κ3) is 19.9. The molecular formula is C23H34O2. The van der Waals surface area contributed by atoms with Crippen molar-refractivity contribution >= 4 is 5.97 Å². The van der Waals surface area contributed by atoms with Gasteiger partial charge < -0.3 is 5.11 Å². The lowest BCUT2D eigenvalue weighted by molar-refractivity contribution is -0.136. The fraction of sp³-hybridized carbons (Fsp3) is 0.435. The Morgan fingerprint density at radius 2 is 1.44 bits per heavy atom. The molecule has 2 heteroatoms. The van der Waals surface area contributed by atoms with Crippen molar-refractivity contribution in [3.05, 3.63) is 72.9 Å². The number of carbonyl (C=O) groups is 1. The molecule has 0 saturated heterocycles. The number of hydrogen-bond acceptors (Lipinski definition) is 1. The van der Waals surface area contributed by atoms with Crippen molar-refractivity contribution in [2.45, 2.75) is 58.8 Å². The Kier molecular flexibility index (Phi) is 16.7. The van der Waals surface area contributed by atoms with E-state index in [1.165, 1.54) is 0 Å². The molecule has 1 atom stereocenters. The smallest absolute Gasteiger partial charge is 0.303 e. The quantitative estimate of drug-likeness (QED) is 0.278. The van der Waals surface area contributed by atoms with Gasteiger partial charge in [-0.15, -0.1) is 0 Å². The van der Waals surface area contributed by atoms with Crippen molar-refractivity contribution in [1.82, 2.24) is 0 Å². The van der Waals surface area contributed by atoms with Gasteiger partial charge in [-0.25, -0.2) is 0 Å². The predicted molar refractivity (Wildman–Crippen MR) is 110 cm³/mol. The lowest BCUT2D eigenvalue weighted by atomic mass is 10.1. The van der Waals surface area contributed by atoms with Crippen LogP contribution in [0.1, 0.15) is 58.8 Å². The Morgan fingerprint density at radius 1 is 0.840 bits per heavy atom. The van der Waals surface area contributed by atoms with E-state index in [-0.39, 0.29) is 6.42 Å². The Labute approximate surface area is 154 Å². The molecule has 0 rings (SSSR count). The van der Waals surface area contributed by atoms with Gasteiger partial charge in [0.05, 0.1) is 0 Å². The highest BCUT2D eigenvalue weighted by Gasteiger charge is 1.93. The first kappa shape index (κ1) is 22.9. The van der Waals surface area contributed by atoms with Crippen molar-refractivity contribution in [1.29, 1.82) is 0 Å². The lowest BCUT2D eigenvalue weighted by Crippen LogP contribution is -1.92. The average molecular weight is 343 g/mol. The molecule has 138 valence electrons. The Morgan fingerprint density at radius 3 is 2.04 bits per heavy atom. The molecule has 1 unspecified atom stereocenters. The van der Waals surface area contributed by atoms with Gasteiger partial charge >= 0.3 is 5.97 Å². The van der Waals surface area contributed by atoms with E-state index in [0.717, 1.165) is 32.1 Å². The minimum absolute atomic E-state index is 0.211. The van der Waals surface area contributed by atoms with Crippen LogP contribution in [0.4, 0.5) is 0 Å². The van der Waals surface area contributed by atoms with Crippen LogP contribution in [-0.4, -0.2) is 11.1 Å². The summed E-state index contributed by atoms with van der Waals surface area (Å²) in [5.41, 5.74) is 0. The summed E-state index contributed by atoms with van der Waals surface area (Å²) < 4.78 is 0. The van der Waals surface area contributed by atoms with Crippen LogP contribution in [0, 0.1) is 5.92 Å². The maximum Gasteiger partial charge on any atom is 0.303 e. The number of carboxylic acids is 1. The van der Waals surface area contributed by atoms with E-state index in [1.54, 1.807) is 0 Å². The first-order valence-corrected chi connectivity index (χ1v) is 9.31. The highest BCUT2D eigenvalue weighted by molar-refractivity contribution is 5.66. The SMILES string of the molecule is CC/C=C\C/C=C\C/C=C\C/C=C\C=C\C(C)C/C=C\CCC(=O)O. The highest BCUT2D eigenvalue weighted by Crippen LogP contribution is 2.06. The fourth-order valence-corrected chi connectivity index (χ4v) is 2.01. The van der Waals surface area contributed by atoms with Crippen molar-refractivity contribution in [2.24, 2.45) is 5.92 Å². The van der Waals surface area contributed by atoms with Crippen LogP contribution in [0.3, 0.4) is 0 Å². The number of hydrogen-bond donors (Lipinski definition) is 1. The molecule has 0 amide bonds. The van der Waals surface area contributed by atoms with Crippen molar-refractivity contribution in [3.8, 4) is 0 Å². The van der Waals surface area contributed by atoms with Crippen LogP contribution < -0.4 is 0 Å². The summed E-state index contributed by atoms with van der Waals surface area (Å²) in [5, 5.41) is 8.55. The number of allylic oxidation sites excluding steroid dienone is 12. The van der Waals surface area contributed by atoms with E-state index in [9.17, 15) is 4.79 Å². The normalized spacial score (nSPS) is 14.3. The minimum Gasteiger partial charge on any atom is -0.481 e. The molecule has 0 aromatic heterocycles. The van der Waals surface area contributed by atoms with E-state index >= 15 is 0 Å². The van der Waals surface area contributed by atoms with Crippen LogP contribution in [-0.2, 0) is 4.79 Å². The second-order valence-corrected chi connectivity index (χ2v) is 5.96. The Bertz CT molecular complexity index is 490. The summed E-state index contributed by atoms with van der Waals surface area (Å²) in [6, 6.07) is 0. The first-order valence-electron chi connectivity index (χ1n) is 9.31. The van der Waals surface area contributed by atoms with E-state index < -0.39 is 5.97 Å². The molecule has 0 radical (unpaired) electrons. The fourth-order valence-electron chi connectivity index (χ4n) is 2.01. The summed E-state index contributed by atoms with van der Waals surface area (Å²) in [7, 11) is 0. The molecule has 0 saturated carbocycles. The maximum absolute atomic E-state index is 10.4. The second kappa shape index (κ2) is 18.3. The zero-order chi connectivity index (χ0) is 18.6. The summed E-state index contributed by atoms with van der Waals surface area (Å²) in [6.45, 7) is 4.31. The van der Waals surface area contributed by atoms with Crippen LogP contribution >= 0.6 is 0 Å². The van der Waals surface area contributed by atoms with Gasteiger partial charge in [0.25, 0.3) is 0 Å². The zero-order valence-electron chi connectivity index (χ0n) is 15.8. The van der Waals surface area contributed by atoms with Crippen molar-refractivity contribution in [2.75, 3.05) is 0 Å². The predicted octanol–water partition coefficient (Wildman–Crippen LogP) is 6.79. The molecule has 0 aliphatic heterocycles. The highest BCUT2D eigenvalue weighted by atomic mass is 16.4.